The van der Waals surface area contributed by atoms with Crippen molar-refractivity contribution in [2.45, 2.75) is 163 Å². The molecule has 0 aliphatic heterocycles. The molecule has 0 aliphatic carbocycles. The monoisotopic (exact) mass is 1250 g/mol. The van der Waals surface area contributed by atoms with Crippen LogP contribution in [0.1, 0.15) is 157 Å². The molecule has 0 aliphatic rings. The van der Waals surface area contributed by atoms with Crippen molar-refractivity contribution >= 4 is 44.4 Å². The molecule has 0 spiro atoms. The van der Waals surface area contributed by atoms with E-state index in [2.05, 4.69) is 314 Å². The standard InChI is InChI=1S/C22H27N2.C21H26N3.C21H25N2.C20H24N3/c1-14(2)11-19-9-7-18-8-10-21(24(6)22(18)23-19)20-13-15(3)12-16(4)17(20)5;1-13(2)7-17-10-19-21(22-11-17)23-12-20(24(19)6)18-9-14(3)8-15(4)16(18)5;1-13(2)19-9-7-17-8-10-20(23(6)21(17)22-19)18-12-14(3)11-15(4)16(18)5;1-12(2)16-9-18-20(21-10-16)22-11-19(23(18)6)17-8-13(3)7-14(4)15(17)5/h7-10,12-14H,11H2,1-6H3;8-13H,7H2,1-6H3;7-13H,1-6H3;7-12H,1-6H3/q4*+1. The second-order valence-electron chi connectivity index (χ2n) is 28.1. The van der Waals surface area contributed by atoms with Crippen molar-refractivity contribution in [2.24, 2.45) is 40.0 Å². The quantitative estimate of drug-likeness (QED) is 0.127. The molecule has 10 heteroatoms. The molecule has 12 rings (SSSR count). The van der Waals surface area contributed by atoms with Crippen molar-refractivity contribution in [3.8, 4) is 45.0 Å². The van der Waals surface area contributed by atoms with Crippen LogP contribution in [0.2, 0.25) is 0 Å². The Hall–Kier alpha value is -9.02. The fraction of sp³-hybridized carbons (Fsp3) is 0.357. The van der Waals surface area contributed by atoms with Gasteiger partial charge in [-0.25, -0.2) is 29.1 Å². The SMILES string of the molecule is Cc1cc(C)c(C)c(-c2ccc3ccc(C(C)C)nc3[n+]2C)c1.Cc1cc(C)c(C)c(-c2ccc3ccc(CC(C)C)nc3[n+]2C)c1.Cc1cc(C)c(C)c(-c2cnc3ncc(C(C)C)cc3[n+]2C)c1.Cc1cc(C)c(C)c(-c2cnc3ncc(CC(C)C)cc3[n+]2C)c1. The molecule has 0 unspecified atom stereocenters. The molecular formula is C84H102N10+4. The maximum absolute atomic E-state index is 4.94. The lowest BCUT2D eigenvalue weighted by atomic mass is 9.97. The summed E-state index contributed by atoms with van der Waals surface area (Å²) in [4.78, 5) is 28.1. The van der Waals surface area contributed by atoms with Gasteiger partial charge in [-0.2, -0.15) is 9.13 Å². The molecule has 8 aromatic heterocycles. The Kier molecular flexibility index (Phi) is 21.5. The lowest BCUT2D eigenvalue weighted by Gasteiger charge is -2.12. The third-order valence-electron chi connectivity index (χ3n) is 18.8. The average Bonchev–Trinajstić information content (AvgIpc) is 0.805. The predicted octanol–water partition coefficient (Wildman–Crippen LogP) is 18.0. The van der Waals surface area contributed by atoms with Crippen LogP contribution in [-0.2, 0) is 41.0 Å². The van der Waals surface area contributed by atoms with Crippen LogP contribution in [0.4, 0.5) is 0 Å². The Morgan fingerprint density at radius 3 is 1.13 bits per heavy atom. The van der Waals surface area contributed by atoms with Gasteiger partial charge >= 0.3 is 11.3 Å². The van der Waals surface area contributed by atoms with Gasteiger partial charge in [0.2, 0.25) is 22.7 Å². The highest BCUT2D eigenvalue weighted by Gasteiger charge is 2.24. The Labute approximate surface area is 561 Å². The zero-order valence-electron chi connectivity index (χ0n) is 60.9. The summed E-state index contributed by atoms with van der Waals surface area (Å²) in [6.07, 6.45) is 9.82. The largest absolute Gasteiger partial charge is 0.330 e. The average molecular weight is 1250 g/mol. The third kappa shape index (κ3) is 15.3. The highest BCUT2D eigenvalue weighted by atomic mass is 15.0. The molecule has 0 radical (unpaired) electrons. The Bertz CT molecular complexity index is 4520. The first-order valence-electron chi connectivity index (χ1n) is 33.7. The number of hydrogen-bond donors (Lipinski definition) is 0. The van der Waals surface area contributed by atoms with E-state index in [1.54, 1.807) is 0 Å². The Morgan fingerprint density at radius 1 is 0.340 bits per heavy atom. The fourth-order valence-electron chi connectivity index (χ4n) is 12.9. The number of rotatable bonds is 10. The second kappa shape index (κ2) is 29.1. The maximum atomic E-state index is 4.94. The van der Waals surface area contributed by atoms with Crippen LogP contribution in [0.5, 0.6) is 0 Å². The number of fused-ring (bicyclic) bond motifs is 4. The number of benzene rings is 4. The van der Waals surface area contributed by atoms with Gasteiger partial charge in [-0.3, -0.25) is 0 Å². The number of nitrogens with zero attached hydrogens (tertiary/aromatic N) is 10. The maximum Gasteiger partial charge on any atom is 0.330 e. The summed E-state index contributed by atoms with van der Waals surface area (Å²) < 4.78 is 8.89. The highest BCUT2D eigenvalue weighted by Crippen LogP contribution is 2.31. The smallest absolute Gasteiger partial charge is 0.231 e. The Morgan fingerprint density at radius 2 is 0.713 bits per heavy atom. The minimum absolute atomic E-state index is 0.436. The van der Waals surface area contributed by atoms with Gasteiger partial charge < -0.3 is 0 Å². The lowest BCUT2D eigenvalue weighted by molar-refractivity contribution is -0.635. The van der Waals surface area contributed by atoms with Crippen molar-refractivity contribution in [1.82, 2.24) is 29.9 Å². The summed E-state index contributed by atoms with van der Waals surface area (Å²) in [7, 11) is 8.45. The van der Waals surface area contributed by atoms with Crippen LogP contribution in [0.25, 0.3) is 89.4 Å². The van der Waals surface area contributed by atoms with Gasteiger partial charge in [-0.1, -0.05) is 102 Å². The van der Waals surface area contributed by atoms with E-state index in [4.69, 9.17) is 9.97 Å². The lowest BCUT2D eigenvalue weighted by Crippen LogP contribution is -2.33. The molecule has 0 atom stereocenters. The zero-order valence-corrected chi connectivity index (χ0v) is 60.9. The van der Waals surface area contributed by atoms with Crippen LogP contribution in [0, 0.1) is 94.9 Å². The Balaban J connectivity index is 0.000000148. The minimum atomic E-state index is 0.436. The number of aromatic nitrogens is 10. The van der Waals surface area contributed by atoms with Gasteiger partial charge in [0.25, 0.3) is 11.0 Å². The van der Waals surface area contributed by atoms with Crippen molar-refractivity contribution in [3.63, 3.8) is 0 Å². The molecule has 12 aromatic rings. The number of hydrogen-bond acceptors (Lipinski definition) is 6. The third-order valence-corrected chi connectivity index (χ3v) is 18.8. The van der Waals surface area contributed by atoms with E-state index >= 15 is 0 Å². The first-order valence-corrected chi connectivity index (χ1v) is 33.7. The van der Waals surface area contributed by atoms with Gasteiger partial charge in [0, 0.05) is 48.0 Å². The van der Waals surface area contributed by atoms with Crippen molar-refractivity contribution in [1.29, 1.82) is 0 Å². The van der Waals surface area contributed by atoms with Gasteiger partial charge in [0.15, 0.2) is 11.4 Å². The molecule has 8 heterocycles. The fourth-order valence-corrected chi connectivity index (χ4v) is 12.9. The number of aryl methyl sites for hydroxylation is 12. The van der Waals surface area contributed by atoms with Crippen LogP contribution in [0.3, 0.4) is 0 Å². The van der Waals surface area contributed by atoms with E-state index < -0.39 is 0 Å². The summed E-state index contributed by atoms with van der Waals surface area (Å²) in [5.41, 5.74) is 36.2. The second-order valence-corrected chi connectivity index (χ2v) is 28.1. The van der Waals surface area contributed by atoms with E-state index in [0.29, 0.717) is 23.7 Å². The normalized spacial score (nSPS) is 11.4. The molecule has 94 heavy (non-hydrogen) atoms. The van der Waals surface area contributed by atoms with Crippen LogP contribution >= 0.6 is 0 Å². The van der Waals surface area contributed by atoms with Gasteiger partial charge in [-0.05, 0) is 246 Å². The molecule has 0 bridgehead atoms. The van der Waals surface area contributed by atoms with E-state index in [9.17, 15) is 0 Å². The van der Waals surface area contributed by atoms with Gasteiger partial charge in [-0.15, -0.1) is 0 Å². The summed E-state index contributed by atoms with van der Waals surface area (Å²) in [5.74, 6) is 2.13. The molecule has 0 saturated carbocycles. The van der Waals surface area contributed by atoms with Crippen LogP contribution < -0.4 is 18.3 Å². The van der Waals surface area contributed by atoms with Crippen molar-refractivity contribution in [2.75, 3.05) is 0 Å². The van der Waals surface area contributed by atoms with E-state index in [-0.39, 0.29) is 0 Å². The summed E-state index contributed by atoms with van der Waals surface area (Å²) >= 11 is 0. The molecule has 10 nitrogen and oxygen atoms in total. The first kappa shape index (κ1) is 69.3. The minimum Gasteiger partial charge on any atom is -0.231 e. The molecule has 0 N–H and O–H groups in total. The highest BCUT2D eigenvalue weighted by molar-refractivity contribution is 5.78. The zero-order chi connectivity index (χ0) is 68.3. The predicted molar refractivity (Wildman–Crippen MR) is 391 cm³/mol. The molecule has 0 fully saturated rings. The van der Waals surface area contributed by atoms with E-state index in [1.807, 2.05) is 24.8 Å². The molecule has 0 amide bonds. The summed E-state index contributed by atoms with van der Waals surface area (Å²) in [6, 6.07) is 39.9. The van der Waals surface area contributed by atoms with Crippen LogP contribution in [-0.4, -0.2) is 29.9 Å². The summed E-state index contributed by atoms with van der Waals surface area (Å²) in [5, 5.41) is 2.37. The van der Waals surface area contributed by atoms with Gasteiger partial charge in [0.05, 0.1) is 36.0 Å². The topological polar surface area (TPSA) is 92.9 Å². The summed E-state index contributed by atoms with van der Waals surface area (Å²) in [6.45, 7) is 43.8. The van der Waals surface area contributed by atoms with E-state index in [1.165, 1.54) is 128 Å². The van der Waals surface area contributed by atoms with E-state index in [0.717, 1.165) is 63.5 Å². The molecule has 4 aromatic carbocycles. The molecule has 484 valence electrons. The van der Waals surface area contributed by atoms with Crippen molar-refractivity contribution < 1.29 is 18.3 Å². The van der Waals surface area contributed by atoms with Gasteiger partial charge in [0.1, 0.15) is 37.9 Å². The van der Waals surface area contributed by atoms with Crippen LogP contribution in [0.15, 0.2) is 134 Å². The first-order chi connectivity index (χ1) is 44.5. The molecule has 0 saturated heterocycles. The molecular weight excluding hydrogens is 1150 g/mol. The number of pyridine rings is 6. The van der Waals surface area contributed by atoms with Crippen molar-refractivity contribution in [3.05, 3.63) is 223 Å².